The summed E-state index contributed by atoms with van der Waals surface area (Å²) in [5.74, 6) is 1.07. The number of aryl methyl sites for hydroxylation is 1. The first-order valence-electron chi connectivity index (χ1n) is 6.09. The molecule has 0 amide bonds. The van der Waals surface area contributed by atoms with Crippen LogP contribution < -0.4 is 4.74 Å². The van der Waals surface area contributed by atoms with Crippen molar-refractivity contribution in [3.05, 3.63) is 47.8 Å². The fourth-order valence-corrected chi connectivity index (χ4v) is 2.21. The van der Waals surface area contributed by atoms with E-state index in [0.29, 0.717) is 13.0 Å². The molecule has 0 aliphatic heterocycles. The van der Waals surface area contributed by atoms with Crippen LogP contribution in [0.5, 0.6) is 5.75 Å². The lowest BCUT2D eigenvalue weighted by Crippen LogP contribution is -2.08. The van der Waals surface area contributed by atoms with Crippen molar-refractivity contribution in [1.29, 1.82) is 0 Å². The van der Waals surface area contributed by atoms with Gasteiger partial charge in [0.2, 0.25) is 0 Å². The zero-order chi connectivity index (χ0) is 12.4. The molecular weight excluding hydrogens is 228 g/mol. The topological polar surface area (TPSA) is 44.1 Å². The maximum atomic E-state index is 11.5. The molecule has 0 radical (unpaired) electrons. The molecule has 4 heteroatoms. The molecule has 1 aromatic carbocycles. The number of rotatable bonds is 4. The Balaban J connectivity index is 1.62. The van der Waals surface area contributed by atoms with E-state index in [1.807, 2.05) is 35.1 Å². The average Bonchev–Trinajstić information content (AvgIpc) is 3.00. The van der Waals surface area contributed by atoms with Crippen LogP contribution in [0.25, 0.3) is 0 Å². The molecular formula is C14H14N2O2. The van der Waals surface area contributed by atoms with Crippen LogP contribution in [0.3, 0.4) is 0 Å². The largest absolute Gasteiger partial charge is 0.492 e. The second-order valence-electron chi connectivity index (χ2n) is 4.36. The number of carbonyl (C=O) groups is 1. The molecule has 0 unspecified atom stereocenters. The summed E-state index contributed by atoms with van der Waals surface area (Å²) in [6.45, 7) is 1.30. The summed E-state index contributed by atoms with van der Waals surface area (Å²) >= 11 is 0. The number of benzene rings is 1. The Morgan fingerprint density at radius 3 is 3.11 bits per heavy atom. The van der Waals surface area contributed by atoms with Crippen molar-refractivity contribution in [1.82, 2.24) is 9.78 Å². The van der Waals surface area contributed by atoms with Gasteiger partial charge in [0.15, 0.2) is 5.78 Å². The van der Waals surface area contributed by atoms with E-state index in [4.69, 9.17) is 4.74 Å². The molecule has 3 rings (SSSR count). The van der Waals surface area contributed by atoms with Crippen molar-refractivity contribution >= 4 is 5.78 Å². The second-order valence-corrected chi connectivity index (χ2v) is 4.36. The van der Waals surface area contributed by atoms with Crippen LogP contribution in [0.15, 0.2) is 36.7 Å². The quantitative estimate of drug-likeness (QED) is 0.824. The number of carbonyl (C=O) groups excluding carboxylic acids is 1. The van der Waals surface area contributed by atoms with Crippen LogP contribution in [0, 0.1) is 0 Å². The highest BCUT2D eigenvalue weighted by molar-refractivity contribution is 6.00. The Bertz CT molecular complexity index is 561. The molecule has 2 aromatic rings. The van der Waals surface area contributed by atoms with E-state index in [9.17, 15) is 4.79 Å². The number of hydrogen-bond acceptors (Lipinski definition) is 3. The molecule has 0 saturated heterocycles. The molecule has 0 atom stereocenters. The maximum Gasteiger partial charge on any atom is 0.163 e. The normalized spacial score (nSPS) is 13.7. The monoisotopic (exact) mass is 242 g/mol. The molecule has 1 aromatic heterocycles. The third-order valence-corrected chi connectivity index (χ3v) is 3.15. The predicted molar refractivity (Wildman–Crippen MR) is 66.8 cm³/mol. The third-order valence-electron chi connectivity index (χ3n) is 3.15. The van der Waals surface area contributed by atoms with Crippen molar-refractivity contribution in [2.45, 2.75) is 19.4 Å². The minimum absolute atomic E-state index is 0.244. The minimum Gasteiger partial charge on any atom is -0.492 e. The van der Waals surface area contributed by atoms with E-state index in [1.54, 1.807) is 6.20 Å². The fourth-order valence-electron chi connectivity index (χ4n) is 2.21. The summed E-state index contributed by atoms with van der Waals surface area (Å²) in [6, 6.07) is 7.60. The summed E-state index contributed by atoms with van der Waals surface area (Å²) < 4.78 is 7.50. The standard InChI is InChI=1S/C14H14N2O2/c17-14-5-2-11-10-12(3-4-13(11)14)18-9-8-16-7-1-6-15-16/h1,3-4,6-7,10H,2,5,8-9H2. The Hall–Kier alpha value is -2.10. The molecule has 0 fully saturated rings. The summed E-state index contributed by atoms with van der Waals surface area (Å²) in [5.41, 5.74) is 1.96. The minimum atomic E-state index is 0.244. The number of hydrogen-bond donors (Lipinski definition) is 0. The molecule has 1 aliphatic carbocycles. The van der Waals surface area contributed by atoms with E-state index in [2.05, 4.69) is 5.10 Å². The lowest BCUT2D eigenvalue weighted by Gasteiger charge is -2.07. The van der Waals surface area contributed by atoms with Gasteiger partial charge in [-0.1, -0.05) is 0 Å². The summed E-state index contributed by atoms with van der Waals surface area (Å²) in [7, 11) is 0. The fraction of sp³-hybridized carbons (Fsp3) is 0.286. The van der Waals surface area contributed by atoms with Gasteiger partial charge in [-0.05, 0) is 36.2 Å². The Morgan fingerprint density at radius 1 is 1.33 bits per heavy atom. The van der Waals surface area contributed by atoms with Crippen molar-refractivity contribution in [3.8, 4) is 5.75 Å². The van der Waals surface area contributed by atoms with E-state index in [1.165, 1.54) is 0 Å². The molecule has 18 heavy (non-hydrogen) atoms. The van der Waals surface area contributed by atoms with Gasteiger partial charge in [-0.25, -0.2) is 0 Å². The van der Waals surface area contributed by atoms with Gasteiger partial charge in [0.1, 0.15) is 12.4 Å². The highest BCUT2D eigenvalue weighted by atomic mass is 16.5. The van der Waals surface area contributed by atoms with Gasteiger partial charge in [-0.2, -0.15) is 5.10 Å². The van der Waals surface area contributed by atoms with Gasteiger partial charge in [0.25, 0.3) is 0 Å². The zero-order valence-electron chi connectivity index (χ0n) is 10.0. The lowest BCUT2D eigenvalue weighted by atomic mass is 10.1. The smallest absolute Gasteiger partial charge is 0.163 e. The highest BCUT2D eigenvalue weighted by Crippen LogP contribution is 2.26. The van der Waals surface area contributed by atoms with Crippen LogP contribution in [-0.4, -0.2) is 22.2 Å². The van der Waals surface area contributed by atoms with E-state index in [0.717, 1.165) is 29.8 Å². The SMILES string of the molecule is O=C1CCc2cc(OCCn3cccn3)ccc21. The van der Waals surface area contributed by atoms with Gasteiger partial charge < -0.3 is 4.74 Å². The number of Topliss-reactive ketones (excluding diaryl/α,β-unsaturated/α-hetero) is 1. The number of aromatic nitrogens is 2. The number of ketones is 1. The van der Waals surface area contributed by atoms with Crippen molar-refractivity contribution in [2.75, 3.05) is 6.61 Å². The van der Waals surface area contributed by atoms with Crippen LogP contribution >= 0.6 is 0 Å². The van der Waals surface area contributed by atoms with Crippen molar-refractivity contribution in [2.24, 2.45) is 0 Å². The van der Waals surface area contributed by atoms with E-state index < -0.39 is 0 Å². The van der Waals surface area contributed by atoms with Crippen LogP contribution in [-0.2, 0) is 13.0 Å². The van der Waals surface area contributed by atoms with Gasteiger partial charge in [-0.15, -0.1) is 0 Å². The molecule has 92 valence electrons. The first-order chi connectivity index (χ1) is 8.83. The van der Waals surface area contributed by atoms with E-state index >= 15 is 0 Å². The van der Waals surface area contributed by atoms with Gasteiger partial charge in [-0.3, -0.25) is 9.48 Å². The third kappa shape index (κ3) is 2.14. The van der Waals surface area contributed by atoms with Gasteiger partial charge in [0.05, 0.1) is 6.54 Å². The lowest BCUT2D eigenvalue weighted by molar-refractivity contribution is 0.0994. The average molecular weight is 242 g/mol. The van der Waals surface area contributed by atoms with Gasteiger partial charge in [0, 0.05) is 24.4 Å². The number of fused-ring (bicyclic) bond motifs is 1. The number of ether oxygens (including phenoxy) is 1. The zero-order valence-corrected chi connectivity index (χ0v) is 10.0. The van der Waals surface area contributed by atoms with Crippen molar-refractivity contribution in [3.63, 3.8) is 0 Å². The van der Waals surface area contributed by atoms with Crippen LogP contribution in [0.1, 0.15) is 22.3 Å². The van der Waals surface area contributed by atoms with Gasteiger partial charge >= 0.3 is 0 Å². The van der Waals surface area contributed by atoms with Crippen LogP contribution in [0.4, 0.5) is 0 Å². The molecule has 0 N–H and O–H groups in total. The molecule has 0 spiro atoms. The predicted octanol–water partition coefficient (Wildman–Crippen LogP) is 2.09. The summed E-state index contributed by atoms with van der Waals surface area (Å²) in [6.07, 6.45) is 5.13. The second kappa shape index (κ2) is 4.64. The summed E-state index contributed by atoms with van der Waals surface area (Å²) in [4.78, 5) is 11.5. The molecule has 0 saturated carbocycles. The first kappa shape index (κ1) is 11.0. The summed E-state index contributed by atoms with van der Waals surface area (Å²) in [5, 5.41) is 4.11. The number of nitrogens with zero attached hydrogens (tertiary/aromatic N) is 2. The van der Waals surface area contributed by atoms with Crippen LogP contribution in [0.2, 0.25) is 0 Å². The Kier molecular flexibility index (Phi) is 2.84. The molecule has 4 nitrogen and oxygen atoms in total. The van der Waals surface area contributed by atoms with Crippen molar-refractivity contribution < 1.29 is 9.53 Å². The van der Waals surface area contributed by atoms with E-state index in [-0.39, 0.29) is 5.78 Å². The Morgan fingerprint density at radius 2 is 2.28 bits per heavy atom. The maximum absolute atomic E-state index is 11.5. The molecule has 0 bridgehead atoms. The molecule has 1 aliphatic rings. The Labute approximate surface area is 105 Å². The molecule has 1 heterocycles. The highest BCUT2D eigenvalue weighted by Gasteiger charge is 2.19. The first-order valence-corrected chi connectivity index (χ1v) is 6.09.